The summed E-state index contributed by atoms with van der Waals surface area (Å²) in [4.78, 5) is 16.0. The summed E-state index contributed by atoms with van der Waals surface area (Å²) in [6, 6.07) is 10.2. The van der Waals surface area contributed by atoms with Crippen molar-refractivity contribution < 1.29 is 31.5 Å². The number of benzene rings is 2. The van der Waals surface area contributed by atoms with E-state index in [2.05, 4.69) is 9.72 Å². The second-order valence-corrected chi connectivity index (χ2v) is 5.05. The SMILES string of the molecule is O=C(Cc1ccc2ccccc2n1)Oc1c(F)c(F)c(F)c(F)c1F. The Bertz CT molecular complexity index is 961. The zero-order valence-electron chi connectivity index (χ0n) is 12.3. The third kappa shape index (κ3) is 3.15. The predicted octanol–water partition coefficient (Wildman–Crippen LogP) is 4.08. The standard InChI is InChI=1S/C17H8F5NO2/c18-12-13(19)15(21)17(16(22)14(12)20)25-11(24)7-9-6-5-8-3-1-2-4-10(8)23-9/h1-6H,7H2. The number of rotatable bonds is 3. The molecule has 3 nitrogen and oxygen atoms in total. The number of carbonyl (C=O) groups is 1. The van der Waals surface area contributed by atoms with Gasteiger partial charge < -0.3 is 4.74 Å². The molecule has 1 heterocycles. The van der Waals surface area contributed by atoms with Crippen LogP contribution in [0.3, 0.4) is 0 Å². The fourth-order valence-electron chi connectivity index (χ4n) is 2.18. The fraction of sp³-hybridized carbons (Fsp3) is 0.0588. The van der Waals surface area contributed by atoms with Gasteiger partial charge in [-0.3, -0.25) is 9.78 Å². The van der Waals surface area contributed by atoms with Gasteiger partial charge in [-0.1, -0.05) is 24.3 Å². The van der Waals surface area contributed by atoms with Crippen molar-refractivity contribution in [3.8, 4) is 5.75 Å². The molecular formula is C17H8F5NO2. The van der Waals surface area contributed by atoms with Gasteiger partial charge in [-0.2, -0.15) is 8.78 Å². The van der Waals surface area contributed by atoms with E-state index in [1.165, 1.54) is 6.07 Å². The fourth-order valence-corrected chi connectivity index (χ4v) is 2.18. The van der Waals surface area contributed by atoms with Crippen LogP contribution in [0.5, 0.6) is 5.75 Å². The minimum Gasteiger partial charge on any atom is -0.420 e. The van der Waals surface area contributed by atoms with E-state index in [-0.39, 0.29) is 5.69 Å². The van der Waals surface area contributed by atoms with E-state index in [4.69, 9.17) is 0 Å². The number of esters is 1. The molecule has 0 spiro atoms. The van der Waals surface area contributed by atoms with Crippen LogP contribution in [0.15, 0.2) is 36.4 Å². The summed E-state index contributed by atoms with van der Waals surface area (Å²) in [6.45, 7) is 0. The average molecular weight is 353 g/mol. The van der Waals surface area contributed by atoms with Crippen molar-refractivity contribution >= 4 is 16.9 Å². The van der Waals surface area contributed by atoms with Gasteiger partial charge >= 0.3 is 5.97 Å². The largest absolute Gasteiger partial charge is 0.420 e. The van der Waals surface area contributed by atoms with E-state index in [0.29, 0.717) is 5.52 Å². The van der Waals surface area contributed by atoms with Gasteiger partial charge in [0, 0.05) is 5.39 Å². The van der Waals surface area contributed by atoms with Gasteiger partial charge in [-0.05, 0) is 12.1 Å². The first-order valence-electron chi connectivity index (χ1n) is 6.95. The Morgan fingerprint density at radius 1 is 0.840 bits per heavy atom. The van der Waals surface area contributed by atoms with Crippen LogP contribution < -0.4 is 4.74 Å². The van der Waals surface area contributed by atoms with Gasteiger partial charge in [-0.15, -0.1) is 0 Å². The summed E-state index contributed by atoms with van der Waals surface area (Å²) >= 11 is 0. The molecule has 1 aromatic heterocycles. The minimum atomic E-state index is -2.33. The molecule has 0 radical (unpaired) electrons. The molecule has 3 rings (SSSR count). The Morgan fingerprint density at radius 2 is 1.44 bits per heavy atom. The molecule has 0 aliphatic carbocycles. The van der Waals surface area contributed by atoms with Crippen molar-refractivity contribution in [1.82, 2.24) is 4.98 Å². The molecule has 0 N–H and O–H groups in total. The lowest BCUT2D eigenvalue weighted by Gasteiger charge is -2.09. The molecule has 0 atom stereocenters. The number of nitrogens with zero attached hydrogens (tertiary/aromatic N) is 1. The first-order chi connectivity index (χ1) is 11.9. The van der Waals surface area contributed by atoms with E-state index >= 15 is 0 Å². The zero-order valence-corrected chi connectivity index (χ0v) is 12.3. The molecule has 0 saturated carbocycles. The van der Waals surface area contributed by atoms with Gasteiger partial charge in [0.2, 0.25) is 34.8 Å². The lowest BCUT2D eigenvalue weighted by atomic mass is 10.2. The van der Waals surface area contributed by atoms with Crippen LogP contribution in [-0.2, 0) is 11.2 Å². The van der Waals surface area contributed by atoms with Crippen LogP contribution in [0.4, 0.5) is 22.0 Å². The van der Waals surface area contributed by atoms with E-state index in [0.717, 1.165) is 5.39 Å². The quantitative estimate of drug-likeness (QED) is 0.234. The van der Waals surface area contributed by atoms with Crippen LogP contribution in [0.1, 0.15) is 5.69 Å². The monoisotopic (exact) mass is 353 g/mol. The summed E-state index contributed by atoms with van der Waals surface area (Å²) in [5, 5.41) is 0.805. The second-order valence-electron chi connectivity index (χ2n) is 5.05. The number of hydrogen-bond donors (Lipinski definition) is 0. The van der Waals surface area contributed by atoms with Crippen LogP contribution in [0.25, 0.3) is 10.9 Å². The summed E-state index contributed by atoms with van der Waals surface area (Å²) in [5.74, 6) is -14.0. The highest BCUT2D eigenvalue weighted by molar-refractivity contribution is 5.80. The number of aromatic nitrogens is 1. The minimum absolute atomic E-state index is 0.215. The molecule has 0 aliphatic rings. The van der Waals surface area contributed by atoms with Crippen molar-refractivity contribution in [2.24, 2.45) is 0 Å². The predicted molar refractivity (Wildman–Crippen MR) is 77.3 cm³/mol. The molecule has 0 amide bonds. The maximum Gasteiger partial charge on any atom is 0.317 e. The Hall–Kier alpha value is -3.03. The number of halogens is 5. The van der Waals surface area contributed by atoms with Gasteiger partial charge in [0.05, 0.1) is 17.6 Å². The zero-order chi connectivity index (χ0) is 18.1. The molecule has 0 aliphatic heterocycles. The number of pyridine rings is 1. The first kappa shape index (κ1) is 16.8. The topological polar surface area (TPSA) is 39.2 Å². The maximum absolute atomic E-state index is 13.5. The van der Waals surface area contributed by atoms with E-state index in [1.54, 1.807) is 30.3 Å². The highest BCUT2D eigenvalue weighted by atomic mass is 19.2. The molecule has 25 heavy (non-hydrogen) atoms. The molecule has 128 valence electrons. The van der Waals surface area contributed by atoms with Crippen LogP contribution in [-0.4, -0.2) is 11.0 Å². The smallest absolute Gasteiger partial charge is 0.317 e. The third-order valence-electron chi connectivity index (χ3n) is 3.37. The van der Waals surface area contributed by atoms with E-state index in [1.807, 2.05) is 0 Å². The Balaban J connectivity index is 1.85. The van der Waals surface area contributed by atoms with E-state index < -0.39 is 47.2 Å². The van der Waals surface area contributed by atoms with Crippen molar-refractivity contribution in [2.45, 2.75) is 6.42 Å². The molecule has 3 aromatic rings. The van der Waals surface area contributed by atoms with Crippen molar-refractivity contribution in [3.63, 3.8) is 0 Å². The summed E-state index contributed by atoms with van der Waals surface area (Å²) in [7, 11) is 0. The molecule has 0 unspecified atom stereocenters. The van der Waals surface area contributed by atoms with E-state index in [9.17, 15) is 26.7 Å². The lowest BCUT2D eigenvalue weighted by Crippen LogP contribution is -2.16. The Morgan fingerprint density at radius 3 is 2.12 bits per heavy atom. The van der Waals surface area contributed by atoms with Gasteiger partial charge in [0.25, 0.3) is 0 Å². The molecule has 0 saturated heterocycles. The average Bonchev–Trinajstić information content (AvgIpc) is 2.62. The number of ether oxygens (including phenoxy) is 1. The second kappa shape index (κ2) is 6.46. The highest BCUT2D eigenvalue weighted by Gasteiger charge is 2.28. The van der Waals surface area contributed by atoms with Crippen molar-refractivity contribution in [2.75, 3.05) is 0 Å². The number of hydrogen-bond acceptors (Lipinski definition) is 3. The molecule has 0 bridgehead atoms. The number of carbonyl (C=O) groups excluding carboxylic acids is 1. The number of fused-ring (bicyclic) bond motifs is 1. The first-order valence-corrected chi connectivity index (χ1v) is 6.95. The Labute approximate surface area is 137 Å². The highest BCUT2D eigenvalue weighted by Crippen LogP contribution is 2.29. The summed E-state index contributed by atoms with van der Waals surface area (Å²) in [6.07, 6.45) is -0.510. The lowest BCUT2D eigenvalue weighted by molar-refractivity contribution is -0.134. The van der Waals surface area contributed by atoms with Crippen molar-refractivity contribution in [3.05, 3.63) is 71.2 Å². The number of para-hydroxylation sites is 1. The molecule has 2 aromatic carbocycles. The van der Waals surface area contributed by atoms with Crippen LogP contribution >= 0.6 is 0 Å². The third-order valence-corrected chi connectivity index (χ3v) is 3.37. The van der Waals surface area contributed by atoms with Gasteiger partial charge in [0.15, 0.2) is 0 Å². The van der Waals surface area contributed by atoms with Crippen molar-refractivity contribution in [1.29, 1.82) is 0 Å². The maximum atomic E-state index is 13.5. The van der Waals surface area contributed by atoms with Crippen LogP contribution in [0.2, 0.25) is 0 Å². The van der Waals surface area contributed by atoms with Gasteiger partial charge in [-0.25, -0.2) is 13.2 Å². The van der Waals surface area contributed by atoms with Crippen LogP contribution in [0, 0.1) is 29.1 Å². The molecule has 0 fully saturated rings. The summed E-state index contributed by atoms with van der Waals surface area (Å²) < 4.78 is 70.5. The summed E-state index contributed by atoms with van der Waals surface area (Å²) in [5.41, 5.74) is 0.789. The molecular weight excluding hydrogens is 345 g/mol. The van der Waals surface area contributed by atoms with Gasteiger partial charge in [0.1, 0.15) is 0 Å². The normalized spacial score (nSPS) is 10.9. The Kier molecular flexibility index (Phi) is 4.35. The molecule has 8 heteroatoms.